The number of halogens is 1. The van der Waals surface area contributed by atoms with Crippen molar-refractivity contribution < 1.29 is 23.8 Å². The van der Waals surface area contributed by atoms with E-state index < -0.39 is 11.9 Å². The van der Waals surface area contributed by atoms with Crippen molar-refractivity contribution in [2.24, 2.45) is 5.73 Å². The summed E-state index contributed by atoms with van der Waals surface area (Å²) in [6.45, 7) is 0.924. The van der Waals surface area contributed by atoms with Gasteiger partial charge in [-0.1, -0.05) is 12.1 Å². The number of aromatic hydroxyl groups is 1. The predicted octanol–water partition coefficient (Wildman–Crippen LogP) is 4.08. The Hall–Kier alpha value is -4.83. The molecule has 0 unspecified atom stereocenters. The monoisotopic (exact) mass is 487 g/mol. The number of anilines is 1. The van der Waals surface area contributed by atoms with Gasteiger partial charge in [-0.3, -0.25) is 0 Å². The van der Waals surface area contributed by atoms with Crippen molar-refractivity contribution in [3.05, 3.63) is 59.5 Å². The van der Waals surface area contributed by atoms with Crippen LogP contribution in [-0.4, -0.2) is 42.5 Å². The average molecular weight is 487 g/mol. The number of phenolic OH excluding ortho intramolecular Hbond substituents is 1. The Balaban J connectivity index is 1.86. The van der Waals surface area contributed by atoms with Crippen LogP contribution in [0.15, 0.2) is 42.6 Å². The molecule has 1 aromatic heterocycles. The van der Waals surface area contributed by atoms with Crippen LogP contribution in [0.1, 0.15) is 24.0 Å². The number of nitrogens with zero attached hydrogens (tertiary/aromatic N) is 4. The van der Waals surface area contributed by atoms with Gasteiger partial charge < -0.3 is 25.2 Å². The summed E-state index contributed by atoms with van der Waals surface area (Å²) >= 11 is 0. The number of carbonyl (C=O) groups excluding carboxylic acids is 1. The lowest BCUT2D eigenvalue weighted by Gasteiger charge is -2.33. The van der Waals surface area contributed by atoms with Crippen LogP contribution in [0.3, 0.4) is 0 Å². The number of aromatic nitrogens is 1. The van der Waals surface area contributed by atoms with E-state index in [4.69, 9.17) is 20.5 Å². The number of hydrogen-bond donors (Lipinski definition) is 2. The topological polar surface area (TPSA) is 145 Å². The van der Waals surface area contributed by atoms with Crippen molar-refractivity contribution in [3.63, 3.8) is 0 Å². The number of pyridine rings is 1. The van der Waals surface area contributed by atoms with Crippen molar-refractivity contribution in [3.8, 4) is 45.9 Å². The molecule has 1 fully saturated rings. The summed E-state index contributed by atoms with van der Waals surface area (Å²) in [4.78, 5) is 17.5. The third-order valence-corrected chi connectivity index (χ3v) is 6.06. The average Bonchev–Trinajstić information content (AvgIpc) is 2.87. The van der Waals surface area contributed by atoms with Crippen LogP contribution in [0.5, 0.6) is 11.5 Å². The van der Waals surface area contributed by atoms with Gasteiger partial charge in [-0.15, -0.1) is 0 Å². The molecule has 0 saturated carbocycles. The molecule has 1 saturated heterocycles. The maximum atomic E-state index is 14.6. The normalized spacial score (nSPS) is 13.5. The highest BCUT2D eigenvalue weighted by Crippen LogP contribution is 2.41. The number of phenols is 1. The second kappa shape index (κ2) is 10.2. The van der Waals surface area contributed by atoms with E-state index in [-0.39, 0.29) is 28.7 Å². The minimum absolute atomic E-state index is 0.105. The molecule has 9 nitrogen and oxygen atoms in total. The van der Waals surface area contributed by atoms with Gasteiger partial charge >= 0.3 is 6.09 Å². The fraction of sp³-hybridized carbons (Fsp3) is 0.231. The Morgan fingerprint density at radius 2 is 1.89 bits per heavy atom. The number of methoxy groups -OCH3 is 1. The predicted molar refractivity (Wildman–Crippen MR) is 129 cm³/mol. The summed E-state index contributed by atoms with van der Waals surface area (Å²) < 4.78 is 24.8. The number of nitrogens with two attached hydrogens (primary N) is 1. The smallest absolute Gasteiger partial charge is 0.404 e. The lowest BCUT2D eigenvalue weighted by atomic mass is 9.91. The standard InChI is InChI=1S/C26H22FN5O4/c1-35-23-5-4-15(11-22(23)33)20-14-31-25(32-8-6-18(7-9-32)36-26(30)34)19(13-29)24(20)16-2-3-17(12-28)21(27)10-16/h2-5,10-11,14,18,33H,6-9H2,1H3,(H2,30,34). The molecule has 0 bridgehead atoms. The minimum Gasteiger partial charge on any atom is -0.504 e. The van der Waals surface area contributed by atoms with Gasteiger partial charge in [0.05, 0.1) is 12.7 Å². The van der Waals surface area contributed by atoms with E-state index in [0.29, 0.717) is 54.0 Å². The zero-order valence-corrected chi connectivity index (χ0v) is 19.4. The van der Waals surface area contributed by atoms with Gasteiger partial charge in [-0.2, -0.15) is 10.5 Å². The van der Waals surface area contributed by atoms with Crippen LogP contribution in [0.4, 0.5) is 15.0 Å². The molecule has 3 aromatic rings. The second-order valence-corrected chi connectivity index (χ2v) is 8.17. The van der Waals surface area contributed by atoms with Gasteiger partial charge in [0.1, 0.15) is 35.4 Å². The first kappa shape index (κ1) is 24.3. The molecule has 10 heteroatoms. The number of hydrogen-bond acceptors (Lipinski definition) is 8. The van der Waals surface area contributed by atoms with Crippen LogP contribution in [0.25, 0.3) is 22.3 Å². The molecule has 2 heterocycles. The molecule has 4 rings (SSSR count). The SMILES string of the molecule is COc1ccc(-c2cnc(N3CCC(OC(N)=O)CC3)c(C#N)c2-c2ccc(C#N)c(F)c2)cc1O. The summed E-state index contributed by atoms with van der Waals surface area (Å²) in [7, 11) is 1.43. The van der Waals surface area contributed by atoms with Crippen molar-refractivity contribution in [1.29, 1.82) is 10.5 Å². The van der Waals surface area contributed by atoms with Gasteiger partial charge in [-0.05, 0) is 35.4 Å². The second-order valence-electron chi connectivity index (χ2n) is 8.17. The first-order valence-electron chi connectivity index (χ1n) is 11.1. The Labute approximate surface area is 206 Å². The van der Waals surface area contributed by atoms with Gasteiger partial charge in [-0.25, -0.2) is 14.2 Å². The molecule has 1 aliphatic heterocycles. The van der Waals surface area contributed by atoms with E-state index in [1.165, 1.54) is 25.3 Å². The molecule has 182 valence electrons. The van der Waals surface area contributed by atoms with Crippen LogP contribution in [-0.2, 0) is 4.74 Å². The maximum Gasteiger partial charge on any atom is 0.404 e. The number of rotatable bonds is 5. The van der Waals surface area contributed by atoms with Gasteiger partial charge in [0.25, 0.3) is 0 Å². The zero-order valence-electron chi connectivity index (χ0n) is 19.4. The number of primary amides is 1. The van der Waals surface area contributed by atoms with Crippen LogP contribution in [0, 0.1) is 28.5 Å². The summed E-state index contributed by atoms with van der Waals surface area (Å²) in [5, 5.41) is 29.7. The molecule has 1 aliphatic rings. The quantitative estimate of drug-likeness (QED) is 0.548. The maximum absolute atomic E-state index is 14.6. The van der Waals surface area contributed by atoms with E-state index >= 15 is 0 Å². The first-order chi connectivity index (χ1) is 17.4. The third kappa shape index (κ3) is 4.70. The number of carbonyl (C=O) groups is 1. The summed E-state index contributed by atoms with van der Waals surface area (Å²) in [6, 6.07) is 12.9. The number of amides is 1. The molecule has 3 N–H and O–H groups in total. The van der Waals surface area contributed by atoms with Crippen molar-refractivity contribution >= 4 is 11.9 Å². The first-order valence-corrected chi connectivity index (χ1v) is 11.1. The van der Waals surface area contributed by atoms with E-state index in [1.54, 1.807) is 30.5 Å². The van der Waals surface area contributed by atoms with Gasteiger partial charge in [0.2, 0.25) is 0 Å². The van der Waals surface area contributed by atoms with Crippen LogP contribution < -0.4 is 15.4 Å². The van der Waals surface area contributed by atoms with E-state index in [2.05, 4.69) is 11.1 Å². The number of ether oxygens (including phenoxy) is 2. The van der Waals surface area contributed by atoms with Gasteiger partial charge in [0, 0.05) is 43.3 Å². The summed E-state index contributed by atoms with van der Waals surface area (Å²) in [5.74, 6) is -0.150. The van der Waals surface area contributed by atoms with Crippen molar-refractivity contribution in [2.75, 3.05) is 25.1 Å². The molecule has 36 heavy (non-hydrogen) atoms. The van der Waals surface area contributed by atoms with Crippen molar-refractivity contribution in [1.82, 2.24) is 4.98 Å². The third-order valence-electron chi connectivity index (χ3n) is 6.06. The fourth-order valence-electron chi connectivity index (χ4n) is 4.33. The molecular weight excluding hydrogens is 465 g/mol. The Bertz CT molecular complexity index is 1400. The highest BCUT2D eigenvalue weighted by molar-refractivity contribution is 5.90. The number of benzene rings is 2. The Morgan fingerprint density at radius 3 is 2.47 bits per heavy atom. The van der Waals surface area contributed by atoms with E-state index in [0.717, 1.165) is 0 Å². The van der Waals surface area contributed by atoms with Crippen molar-refractivity contribution in [2.45, 2.75) is 18.9 Å². The minimum atomic E-state index is -0.832. The van der Waals surface area contributed by atoms with E-state index in [1.807, 2.05) is 4.90 Å². The zero-order chi connectivity index (χ0) is 25.8. The lowest BCUT2D eigenvalue weighted by molar-refractivity contribution is 0.0911. The van der Waals surface area contributed by atoms with Crippen LogP contribution >= 0.6 is 0 Å². The van der Waals surface area contributed by atoms with E-state index in [9.17, 15) is 19.6 Å². The fourth-order valence-corrected chi connectivity index (χ4v) is 4.33. The Kier molecular flexibility index (Phi) is 6.88. The number of nitriles is 2. The highest BCUT2D eigenvalue weighted by Gasteiger charge is 2.27. The molecule has 0 atom stereocenters. The Morgan fingerprint density at radius 1 is 1.17 bits per heavy atom. The molecule has 0 radical (unpaired) electrons. The van der Waals surface area contributed by atoms with Gasteiger partial charge in [0.15, 0.2) is 11.5 Å². The largest absolute Gasteiger partial charge is 0.504 e. The molecular formula is C26H22FN5O4. The lowest BCUT2D eigenvalue weighted by Crippen LogP contribution is -2.39. The number of piperidine rings is 1. The van der Waals surface area contributed by atoms with Crippen LogP contribution in [0.2, 0.25) is 0 Å². The molecule has 1 amide bonds. The summed E-state index contributed by atoms with van der Waals surface area (Å²) in [6.07, 6.45) is 1.42. The summed E-state index contributed by atoms with van der Waals surface area (Å²) in [5.41, 5.74) is 7.03. The molecule has 0 spiro atoms. The highest BCUT2D eigenvalue weighted by atomic mass is 19.1. The molecule has 0 aliphatic carbocycles. The molecule has 2 aromatic carbocycles.